The fourth-order valence-corrected chi connectivity index (χ4v) is 1.65. The van der Waals surface area contributed by atoms with E-state index in [1.165, 1.54) is 0 Å². The van der Waals surface area contributed by atoms with Gasteiger partial charge in [-0.2, -0.15) is 0 Å². The van der Waals surface area contributed by atoms with Crippen LogP contribution < -0.4 is 0 Å². The van der Waals surface area contributed by atoms with Crippen LogP contribution in [0, 0.1) is 5.41 Å². The van der Waals surface area contributed by atoms with Crippen LogP contribution in [0.25, 0.3) is 0 Å². The minimum Gasteiger partial charge on any atom is -0.389 e. The summed E-state index contributed by atoms with van der Waals surface area (Å²) in [6.07, 6.45) is -0.427. The number of rotatable bonds is 8. The molecular weight excluding hydrogens is 206 g/mol. The summed E-state index contributed by atoms with van der Waals surface area (Å²) < 4.78 is 10.1. The van der Waals surface area contributed by atoms with Crippen molar-refractivity contribution >= 4 is 0 Å². The van der Waals surface area contributed by atoms with Crippen LogP contribution in [0.1, 0.15) is 20.8 Å². The van der Waals surface area contributed by atoms with Crippen LogP contribution >= 0.6 is 0 Å². The van der Waals surface area contributed by atoms with Crippen LogP contribution in [0.5, 0.6) is 0 Å². The summed E-state index contributed by atoms with van der Waals surface area (Å²) in [7, 11) is 3.65. The summed E-state index contributed by atoms with van der Waals surface area (Å²) in [5.74, 6) is 0. The average Bonchev–Trinajstić information content (AvgIpc) is 2.09. The predicted molar refractivity (Wildman–Crippen MR) is 65.7 cm³/mol. The molecule has 0 heterocycles. The maximum absolute atomic E-state index is 9.71. The van der Waals surface area contributed by atoms with Crippen LogP contribution in [0.4, 0.5) is 0 Å². The molecule has 0 bridgehead atoms. The summed E-state index contributed by atoms with van der Waals surface area (Å²) in [5.41, 5.74) is 0.255. The Morgan fingerprint density at radius 2 is 1.88 bits per heavy atom. The molecule has 1 atom stereocenters. The molecule has 98 valence electrons. The van der Waals surface area contributed by atoms with Crippen molar-refractivity contribution in [2.75, 3.05) is 47.1 Å². The molecule has 0 aliphatic rings. The van der Waals surface area contributed by atoms with Crippen molar-refractivity contribution in [3.8, 4) is 0 Å². The van der Waals surface area contributed by atoms with Crippen molar-refractivity contribution < 1.29 is 14.6 Å². The average molecular weight is 233 g/mol. The van der Waals surface area contributed by atoms with E-state index in [4.69, 9.17) is 9.47 Å². The van der Waals surface area contributed by atoms with Gasteiger partial charge in [-0.05, 0) is 12.5 Å². The van der Waals surface area contributed by atoms with Gasteiger partial charge in [0.15, 0.2) is 0 Å². The number of methoxy groups -OCH3 is 1. The third-order valence-corrected chi connectivity index (χ3v) is 2.01. The van der Waals surface area contributed by atoms with Crippen LogP contribution in [-0.2, 0) is 9.47 Å². The fraction of sp³-hybridized carbons (Fsp3) is 1.00. The van der Waals surface area contributed by atoms with Gasteiger partial charge in [-0.1, -0.05) is 20.8 Å². The monoisotopic (exact) mass is 233 g/mol. The SMILES string of the molecule is COCCOCC(O)CN(C)CC(C)(C)C. The van der Waals surface area contributed by atoms with Gasteiger partial charge in [0.1, 0.15) is 0 Å². The van der Waals surface area contributed by atoms with Crippen molar-refractivity contribution in [2.45, 2.75) is 26.9 Å². The van der Waals surface area contributed by atoms with Gasteiger partial charge in [0.25, 0.3) is 0 Å². The molecule has 0 spiro atoms. The van der Waals surface area contributed by atoms with Gasteiger partial charge in [-0.25, -0.2) is 0 Å². The molecule has 0 rings (SSSR count). The molecule has 0 aliphatic heterocycles. The Morgan fingerprint density at radius 3 is 2.38 bits per heavy atom. The van der Waals surface area contributed by atoms with E-state index in [-0.39, 0.29) is 5.41 Å². The number of nitrogens with zero attached hydrogens (tertiary/aromatic N) is 1. The lowest BCUT2D eigenvalue weighted by molar-refractivity contribution is -0.000454. The van der Waals surface area contributed by atoms with Crippen molar-refractivity contribution in [3.05, 3.63) is 0 Å². The topological polar surface area (TPSA) is 41.9 Å². The minimum absolute atomic E-state index is 0.255. The predicted octanol–water partition coefficient (Wildman–Crippen LogP) is 0.988. The van der Waals surface area contributed by atoms with Crippen LogP contribution in [0.2, 0.25) is 0 Å². The second-order valence-corrected chi connectivity index (χ2v) is 5.48. The molecule has 0 aromatic rings. The van der Waals surface area contributed by atoms with Crippen LogP contribution in [0.3, 0.4) is 0 Å². The lowest BCUT2D eigenvalue weighted by atomic mass is 9.96. The van der Waals surface area contributed by atoms with Gasteiger partial charge < -0.3 is 19.5 Å². The van der Waals surface area contributed by atoms with Crippen molar-refractivity contribution in [2.24, 2.45) is 5.41 Å². The Bertz CT molecular complexity index is 168. The first kappa shape index (κ1) is 15.8. The number of hydrogen-bond acceptors (Lipinski definition) is 4. The molecule has 0 saturated carbocycles. The molecule has 0 radical (unpaired) electrons. The molecule has 1 N–H and O–H groups in total. The number of hydrogen-bond donors (Lipinski definition) is 1. The Morgan fingerprint density at radius 1 is 1.25 bits per heavy atom. The molecule has 4 heteroatoms. The maximum atomic E-state index is 9.71. The molecular formula is C12H27NO3. The Kier molecular flexibility index (Phi) is 7.93. The van der Waals surface area contributed by atoms with E-state index in [9.17, 15) is 5.11 Å². The van der Waals surface area contributed by atoms with Crippen LogP contribution in [-0.4, -0.2) is 63.2 Å². The normalized spacial score (nSPS) is 14.4. The van der Waals surface area contributed by atoms with Crippen LogP contribution in [0.15, 0.2) is 0 Å². The van der Waals surface area contributed by atoms with E-state index in [2.05, 4.69) is 25.7 Å². The van der Waals surface area contributed by atoms with Gasteiger partial charge in [-0.3, -0.25) is 0 Å². The molecule has 0 aromatic carbocycles. The lowest BCUT2D eigenvalue weighted by Crippen LogP contribution is -2.37. The molecule has 0 amide bonds. The molecule has 1 unspecified atom stereocenters. The van der Waals surface area contributed by atoms with E-state index in [0.717, 1.165) is 6.54 Å². The van der Waals surface area contributed by atoms with Crippen molar-refractivity contribution in [1.29, 1.82) is 0 Å². The highest BCUT2D eigenvalue weighted by Gasteiger charge is 2.15. The zero-order valence-corrected chi connectivity index (χ0v) is 11.3. The lowest BCUT2D eigenvalue weighted by Gasteiger charge is -2.28. The quantitative estimate of drug-likeness (QED) is 0.635. The van der Waals surface area contributed by atoms with Gasteiger partial charge in [0.05, 0.1) is 25.9 Å². The van der Waals surface area contributed by atoms with Gasteiger partial charge in [-0.15, -0.1) is 0 Å². The van der Waals surface area contributed by atoms with Crippen molar-refractivity contribution in [3.63, 3.8) is 0 Å². The summed E-state index contributed by atoms with van der Waals surface area (Å²) in [5, 5.41) is 9.71. The summed E-state index contributed by atoms with van der Waals surface area (Å²) in [4.78, 5) is 2.13. The zero-order chi connectivity index (χ0) is 12.6. The summed E-state index contributed by atoms with van der Waals surface area (Å²) in [6, 6.07) is 0. The van der Waals surface area contributed by atoms with E-state index in [1.54, 1.807) is 7.11 Å². The maximum Gasteiger partial charge on any atom is 0.0900 e. The van der Waals surface area contributed by atoms with E-state index < -0.39 is 6.10 Å². The Hall–Kier alpha value is -0.160. The second-order valence-electron chi connectivity index (χ2n) is 5.48. The van der Waals surface area contributed by atoms with Gasteiger partial charge in [0, 0.05) is 20.2 Å². The first-order valence-corrected chi connectivity index (χ1v) is 5.78. The number of ether oxygens (including phenoxy) is 2. The smallest absolute Gasteiger partial charge is 0.0900 e. The summed E-state index contributed by atoms with van der Waals surface area (Å²) >= 11 is 0. The molecule has 0 aliphatic carbocycles. The molecule has 0 fully saturated rings. The highest BCUT2D eigenvalue weighted by atomic mass is 16.5. The first-order chi connectivity index (χ1) is 7.35. The van der Waals surface area contributed by atoms with Crippen molar-refractivity contribution in [1.82, 2.24) is 4.90 Å². The number of likely N-dealkylation sites (N-methyl/N-ethyl adjacent to an activating group) is 1. The summed E-state index contributed by atoms with van der Waals surface area (Å²) in [6.45, 7) is 9.65. The first-order valence-electron chi connectivity index (χ1n) is 5.78. The Balaban J connectivity index is 3.58. The van der Waals surface area contributed by atoms with Gasteiger partial charge >= 0.3 is 0 Å². The molecule has 4 nitrogen and oxygen atoms in total. The van der Waals surface area contributed by atoms with E-state index in [0.29, 0.717) is 26.4 Å². The Labute approximate surface area is 99.5 Å². The molecule has 16 heavy (non-hydrogen) atoms. The minimum atomic E-state index is -0.427. The second kappa shape index (κ2) is 8.01. The molecule has 0 aromatic heterocycles. The number of aliphatic hydroxyl groups excluding tert-OH is 1. The molecule has 0 saturated heterocycles. The third kappa shape index (κ3) is 10.4. The highest BCUT2D eigenvalue weighted by Crippen LogP contribution is 2.14. The van der Waals surface area contributed by atoms with E-state index >= 15 is 0 Å². The third-order valence-electron chi connectivity index (χ3n) is 2.01. The van der Waals surface area contributed by atoms with Gasteiger partial charge in [0.2, 0.25) is 0 Å². The fourth-order valence-electron chi connectivity index (χ4n) is 1.65. The number of aliphatic hydroxyl groups is 1. The zero-order valence-electron chi connectivity index (χ0n) is 11.3. The largest absolute Gasteiger partial charge is 0.389 e. The standard InChI is InChI=1S/C12H27NO3/c1-12(2,3)10-13(4)8-11(14)9-16-7-6-15-5/h11,14H,6-10H2,1-5H3. The van der Waals surface area contributed by atoms with E-state index in [1.807, 2.05) is 7.05 Å². The highest BCUT2D eigenvalue weighted by molar-refractivity contribution is 4.69.